The summed E-state index contributed by atoms with van der Waals surface area (Å²) in [5.74, 6) is -2.49. The average molecular weight is 274 g/mol. The predicted molar refractivity (Wildman–Crippen MR) is 65.2 cm³/mol. The highest BCUT2D eigenvalue weighted by Gasteiger charge is 2.70. The number of hydrogen-bond donors (Lipinski definition) is 1. The topological polar surface area (TPSA) is 41.6 Å². The molecule has 2 heterocycles. The van der Waals surface area contributed by atoms with E-state index in [0.29, 0.717) is 32.5 Å². The van der Waals surface area contributed by atoms with Gasteiger partial charge in [-0.05, 0) is 25.7 Å². The lowest BCUT2D eigenvalue weighted by molar-refractivity contribution is 0.0366. The number of urea groups is 1. The Bertz CT molecular complexity index is 362. The van der Waals surface area contributed by atoms with E-state index in [1.54, 1.807) is 4.90 Å². The number of halogens is 2. The van der Waals surface area contributed by atoms with Crippen molar-refractivity contribution in [2.24, 2.45) is 5.41 Å². The first-order chi connectivity index (χ1) is 9.02. The number of amides is 2. The van der Waals surface area contributed by atoms with Crippen LogP contribution >= 0.6 is 0 Å². The molecular weight excluding hydrogens is 254 g/mol. The minimum absolute atomic E-state index is 0.00533. The Labute approximate surface area is 111 Å². The molecule has 1 aliphatic carbocycles. The third-order valence-electron chi connectivity index (χ3n) is 4.72. The van der Waals surface area contributed by atoms with Gasteiger partial charge in [0.1, 0.15) is 0 Å². The zero-order valence-electron chi connectivity index (χ0n) is 11.0. The number of carbonyl (C=O) groups excluding carboxylic acids is 1. The zero-order valence-corrected chi connectivity index (χ0v) is 11.0. The average Bonchev–Trinajstić information content (AvgIpc) is 2.79. The molecule has 2 aliphatic heterocycles. The summed E-state index contributed by atoms with van der Waals surface area (Å²) in [6.07, 6.45) is 3.00. The van der Waals surface area contributed by atoms with Crippen molar-refractivity contribution >= 4 is 6.03 Å². The maximum atomic E-state index is 13.2. The Morgan fingerprint density at radius 3 is 2.58 bits per heavy atom. The molecule has 0 aromatic carbocycles. The monoisotopic (exact) mass is 274 g/mol. The van der Waals surface area contributed by atoms with Crippen LogP contribution in [-0.2, 0) is 4.74 Å². The van der Waals surface area contributed by atoms with Crippen LogP contribution in [-0.4, -0.2) is 49.2 Å². The van der Waals surface area contributed by atoms with E-state index >= 15 is 0 Å². The molecule has 1 saturated carbocycles. The molecule has 0 aromatic rings. The second-order valence-corrected chi connectivity index (χ2v) is 5.97. The highest BCUT2D eigenvalue weighted by Crippen LogP contribution is 2.65. The Kier molecular flexibility index (Phi) is 3.15. The van der Waals surface area contributed by atoms with Gasteiger partial charge in [0.15, 0.2) is 0 Å². The summed E-state index contributed by atoms with van der Waals surface area (Å²) in [5.41, 5.74) is -0.793. The molecule has 108 valence electrons. The van der Waals surface area contributed by atoms with E-state index in [9.17, 15) is 13.6 Å². The summed E-state index contributed by atoms with van der Waals surface area (Å²) in [7, 11) is 0. The number of nitrogens with zero attached hydrogens (tertiary/aromatic N) is 1. The fraction of sp³-hybridized carbons (Fsp3) is 0.923. The maximum Gasteiger partial charge on any atom is 0.317 e. The second kappa shape index (κ2) is 4.58. The Balaban J connectivity index is 1.42. The van der Waals surface area contributed by atoms with Crippen LogP contribution in [0.2, 0.25) is 0 Å². The highest BCUT2D eigenvalue weighted by molar-refractivity contribution is 5.74. The Morgan fingerprint density at radius 2 is 2.05 bits per heavy atom. The van der Waals surface area contributed by atoms with Gasteiger partial charge in [0.2, 0.25) is 0 Å². The maximum absolute atomic E-state index is 13.2. The number of carbonyl (C=O) groups is 1. The van der Waals surface area contributed by atoms with Crippen LogP contribution in [0.15, 0.2) is 0 Å². The van der Waals surface area contributed by atoms with Crippen molar-refractivity contribution in [3.63, 3.8) is 0 Å². The second-order valence-electron chi connectivity index (χ2n) is 5.97. The van der Waals surface area contributed by atoms with Crippen LogP contribution in [0, 0.1) is 5.41 Å². The lowest BCUT2D eigenvalue weighted by Gasteiger charge is -2.32. The van der Waals surface area contributed by atoms with Crippen molar-refractivity contribution < 1.29 is 18.3 Å². The van der Waals surface area contributed by atoms with Crippen molar-refractivity contribution in [1.29, 1.82) is 0 Å². The molecule has 1 spiro atoms. The van der Waals surface area contributed by atoms with Crippen molar-refractivity contribution in [1.82, 2.24) is 10.2 Å². The number of ether oxygens (including phenoxy) is 1. The van der Waals surface area contributed by atoms with Gasteiger partial charge in [0, 0.05) is 38.1 Å². The highest BCUT2D eigenvalue weighted by atomic mass is 19.3. The third-order valence-corrected chi connectivity index (χ3v) is 4.72. The fourth-order valence-corrected chi connectivity index (χ4v) is 3.18. The van der Waals surface area contributed by atoms with E-state index in [-0.39, 0.29) is 18.6 Å². The van der Waals surface area contributed by atoms with Gasteiger partial charge in [-0.15, -0.1) is 0 Å². The van der Waals surface area contributed by atoms with Gasteiger partial charge in [-0.3, -0.25) is 0 Å². The van der Waals surface area contributed by atoms with E-state index in [4.69, 9.17) is 4.74 Å². The molecule has 2 saturated heterocycles. The molecule has 1 unspecified atom stereocenters. The van der Waals surface area contributed by atoms with Gasteiger partial charge in [-0.2, -0.15) is 0 Å². The molecule has 3 fully saturated rings. The molecule has 0 radical (unpaired) electrons. The smallest absolute Gasteiger partial charge is 0.317 e. The van der Waals surface area contributed by atoms with Crippen molar-refractivity contribution in [3.8, 4) is 0 Å². The van der Waals surface area contributed by atoms with Crippen LogP contribution in [0.5, 0.6) is 0 Å². The summed E-state index contributed by atoms with van der Waals surface area (Å²) in [6.45, 7) is 2.17. The summed E-state index contributed by atoms with van der Waals surface area (Å²) in [6, 6.07) is -0.144. The molecule has 1 atom stereocenters. The molecule has 2 amide bonds. The van der Waals surface area contributed by atoms with Crippen LogP contribution in [0.25, 0.3) is 0 Å². The first-order valence-corrected chi connectivity index (χ1v) is 7.05. The summed E-state index contributed by atoms with van der Waals surface area (Å²) in [4.78, 5) is 13.6. The third kappa shape index (κ3) is 2.42. The van der Waals surface area contributed by atoms with E-state index in [1.165, 1.54) is 0 Å². The number of nitrogens with one attached hydrogen (secondary N) is 1. The van der Waals surface area contributed by atoms with E-state index in [1.807, 2.05) is 0 Å². The van der Waals surface area contributed by atoms with E-state index in [0.717, 1.165) is 19.4 Å². The lowest BCUT2D eigenvalue weighted by Crippen LogP contribution is -2.47. The molecule has 4 nitrogen and oxygen atoms in total. The first kappa shape index (κ1) is 13.1. The molecular formula is C13H20F2N2O2. The van der Waals surface area contributed by atoms with Crippen molar-refractivity contribution in [3.05, 3.63) is 0 Å². The number of rotatable bonds is 2. The summed E-state index contributed by atoms with van der Waals surface area (Å²) < 4.78 is 31.9. The Morgan fingerprint density at radius 1 is 1.37 bits per heavy atom. The molecule has 3 rings (SSSR count). The largest absolute Gasteiger partial charge is 0.376 e. The van der Waals surface area contributed by atoms with Gasteiger partial charge >= 0.3 is 6.03 Å². The molecule has 6 heteroatoms. The lowest BCUT2D eigenvalue weighted by atomic mass is 9.93. The number of likely N-dealkylation sites (tertiary alicyclic amines) is 1. The molecule has 0 bridgehead atoms. The number of hydrogen-bond acceptors (Lipinski definition) is 2. The standard InChI is InChI=1S/C13H20F2N2O2/c14-13(15)9-12(13)3-5-17(6-4-12)11(18)16-8-10-2-1-7-19-10/h10H,1-9H2,(H,16,18). The quantitative estimate of drug-likeness (QED) is 0.836. The first-order valence-electron chi connectivity index (χ1n) is 7.05. The van der Waals surface area contributed by atoms with Gasteiger partial charge in [-0.1, -0.05) is 0 Å². The molecule has 19 heavy (non-hydrogen) atoms. The Hall–Kier alpha value is -0.910. The molecule has 1 N–H and O–H groups in total. The van der Waals surface area contributed by atoms with Crippen molar-refractivity contribution in [2.75, 3.05) is 26.2 Å². The number of alkyl halides is 2. The van der Waals surface area contributed by atoms with Crippen LogP contribution in [0.3, 0.4) is 0 Å². The fourth-order valence-electron chi connectivity index (χ4n) is 3.18. The molecule has 3 aliphatic rings. The zero-order chi connectivity index (χ0) is 13.5. The van der Waals surface area contributed by atoms with Gasteiger partial charge < -0.3 is 15.0 Å². The van der Waals surface area contributed by atoms with Crippen LogP contribution in [0.4, 0.5) is 13.6 Å². The minimum Gasteiger partial charge on any atom is -0.376 e. The van der Waals surface area contributed by atoms with Gasteiger partial charge in [-0.25, -0.2) is 13.6 Å². The van der Waals surface area contributed by atoms with Gasteiger partial charge in [0.05, 0.1) is 6.10 Å². The van der Waals surface area contributed by atoms with Crippen LogP contribution in [0.1, 0.15) is 32.1 Å². The van der Waals surface area contributed by atoms with Crippen LogP contribution < -0.4 is 5.32 Å². The normalized spacial score (nSPS) is 31.5. The van der Waals surface area contributed by atoms with E-state index < -0.39 is 11.3 Å². The predicted octanol–water partition coefficient (Wildman–Crippen LogP) is 2.00. The minimum atomic E-state index is -2.49. The van der Waals surface area contributed by atoms with E-state index in [2.05, 4.69) is 5.32 Å². The SMILES string of the molecule is O=C(NCC1CCCO1)N1CCC2(CC1)CC2(F)F. The number of piperidine rings is 1. The van der Waals surface area contributed by atoms with Gasteiger partial charge in [0.25, 0.3) is 5.92 Å². The molecule has 0 aromatic heterocycles. The summed E-state index contributed by atoms with van der Waals surface area (Å²) >= 11 is 0. The summed E-state index contributed by atoms with van der Waals surface area (Å²) in [5, 5.41) is 2.84. The van der Waals surface area contributed by atoms with Crippen molar-refractivity contribution in [2.45, 2.75) is 44.1 Å².